The number of hydrogen-bond donors (Lipinski definition) is 0. The summed E-state index contributed by atoms with van der Waals surface area (Å²) in [5, 5.41) is 0. The van der Waals surface area contributed by atoms with Gasteiger partial charge in [0.2, 0.25) is 0 Å². The van der Waals surface area contributed by atoms with Crippen LogP contribution in [0.25, 0.3) is 0 Å². The van der Waals surface area contributed by atoms with Gasteiger partial charge in [-0.15, -0.1) is 0 Å². The Bertz CT molecular complexity index is 1640. The number of fused-ring (bicyclic) bond motifs is 2. The van der Waals surface area contributed by atoms with Gasteiger partial charge in [-0.05, 0) is 54.1 Å². The second kappa shape index (κ2) is 9.37. The molecule has 0 unspecified atom stereocenters. The molecule has 4 aromatic carbocycles. The second-order valence-electron chi connectivity index (χ2n) is 9.85. The quantitative estimate of drug-likeness (QED) is 0.240. The largest absolute Gasteiger partial charge is 0.457 e. The summed E-state index contributed by atoms with van der Waals surface area (Å²) < 4.78 is 12.9. The molecule has 5 aromatic rings. The van der Waals surface area contributed by atoms with Crippen LogP contribution in [0.3, 0.4) is 0 Å². The van der Waals surface area contributed by atoms with Gasteiger partial charge in [-0.1, -0.05) is 60.7 Å². The Hall–Kier alpha value is -5.03. The summed E-state index contributed by atoms with van der Waals surface area (Å²) >= 11 is 0. The van der Waals surface area contributed by atoms with E-state index in [0.29, 0.717) is 0 Å². The highest BCUT2D eigenvalue weighted by atomic mass is 16.5. The molecule has 0 amide bonds. The van der Waals surface area contributed by atoms with Crippen LogP contribution in [-0.2, 0) is 5.41 Å². The van der Waals surface area contributed by atoms with Crippen molar-refractivity contribution in [1.82, 2.24) is 9.88 Å². The zero-order valence-corrected chi connectivity index (χ0v) is 21.6. The highest BCUT2D eigenvalue weighted by Crippen LogP contribution is 2.55. The molecule has 0 saturated heterocycles. The number of nitrogens with zero attached hydrogens (tertiary/aromatic N) is 3. The van der Waals surface area contributed by atoms with Crippen LogP contribution < -0.4 is 14.4 Å². The maximum Gasteiger partial charge on any atom is 0.132 e. The molecule has 0 atom stereocenters. The van der Waals surface area contributed by atoms with E-state index in [1.165, 1.54) is 0 Å². The average molecular weight is 510 g/mol. The van der Waals surface area contributed by atoms with Crippen molar-refractivity contribution in [3.8, 4) is 23.0 Å². The Morgan fingerprint density at radius 1 is 0.718 bits per heavy atom. The minimum atomic E-state index is -0.682. The van der Waals surface area contributed by atoms with Crippen molar-refractivity contribution in [1.29, 1.82) is 0 Å². The van der Waals surface area contributed by atoms with Gasteiger partial charge < -0.3 is 19.3 Å². The van der Waals surface area contributed by atoms with Crippen LogP contribution >= 0.6 is 0 Å². The van der Waals surface area contributed by atoms with E-state index in [1.54, 1.807) is 0 Å². The first-order chi connectivity index (χ1) is 19.2. The topological polar surface area (TPSA) is 37.8 Å². The third kappa shape index (κ3) is 3.91. The van der Waals surface area contributed by atoms with Gasteiger partial charge in [0.15, 0.2) is 0 Å². The Kier molecular flexibility index (Phi) is 5.55. The molecule has 0 radical (unpaired) electrons. The lowest BCUT2D eigenvalue weighted by atomic mass is 9.65. The Morgan fingerprint density at radius 3 is 2.10 bits per heavy atom. The van der Waals surface area contributed by atoms with Crippen molar-refractivity contribution >= 4 is 5.69 Å². The normalized spacial score (nSPS) is 14.9. The molecule has 0 aliphatic carbocycles. The van der Waals surface area contributed by atoms with E-state index in [9.17, 15) is 0 Å². The van der Waals surface area contributed by atoms with Gasteiger partial charge in [-0.2, -0.15) is 0 Å². The Morgan fingerprint density at radius 2 is 1.41 bits per heavy atom. The SMILES string of the molecule is CN1C=CN(c2cccc(Oc3cccc(C4(c5ccccn5)c5ccccc5Oc5ccccc54)c3)c2)C1. The highest BCUT2D eigenvalue weighted by Gasteiger charge is 2.46. The van der Waals surface area contributed by atoms with Gasteiger partial charge in [0.1, 0.15) is 23.0 Å². The van der Waals surface area contributed by atoms with Crippen molar-refractivity contribution < 1.29 is 9.47 Å². The van der Waals surface area contributed by atoms with Crippen LogP contribution in [0.1, 0.15) is 22.4 Å². The number of anilines is 1. The third-order valence-electron chi connectivity index (χ3n) is 7.38. The molecular formula is C34H27N3O2. The van der Waals surface area contributed by atoms with Crippen molar-refractivity contribution in [2.75, 3.05) is 18.6 Å². The average Bonchev–Trinajstić information content (AvgIpc) is 3.43. The van der Waals surface area contributed by atoms with Crippen molar-refractivity contribution in [2.24, 2.45) is 0 Å². The number of rotatable bonds is 5. The fourth-order valence-electron chi connectivity index (χ4n) is 5.67. The van der Waals surface area contributed by atoms with Crippen LogP contribution in [-0.4, -0.2) is 23.6 Å². The molecule has 0 fully saturated rings. The van der Waals surface area contributed by atoms with E-state index in [-0.39, 0.29) is 0 Å². The van der Waals surface area contributed by atoms with E-state index >= 15 is 0 Å². The van der Waals surface area contributed by atoms with Gasteiger partial charge in [-0.3, -0.25) is 4.98 Å². The van der Waals surface area contributed by atoms with Crippen molar-refractivity contribution in [3.05, 3.63) is 156 Å². The second-order valence-corrected chi connectivity index (χ2v) is 9.85. The smallest absolute Gasteiger partial charge is 0.132 e. The van der Waals surface area contributed by atoms with Crippen LogP contribution in [0.5, 0.6) is 23.0 Å². The number of ether oxygens (including phenoxy) is 2. The molecule has 2 aliphatic rings. The predicted octanol–water partition coefficient (Wildman–Crippen LogP) is 7.54. The monoisotopic (exact) mass is 509 g/mol. The van der Waals surface area contributed by atoms with Crippen LogP contribution in [0.4, 0.5) is 5.69 Å². The van der Waals surface area contributed by atoms with Crippen LogP contribution in [0.2, 0.25) is 0 Å². The zero-order chi connectivity index (χ0) is 26.2. The zero-order valence-electron chi connectivity index (χ0n) is 21.6. The number of benzene rings is 4. The first-order valence-electron chi connectivity index (χ1n) is 13.0. The number of aromatic nitrogens is 1. The van der Waals surface area contributed by atoms with E-state index < -0.39 is 5.41 Å². The molecule has 2 aliphatic heterocycles. The van der Waals surface area contributed by atoms with E-state index in [2.05, 4.69) is 89.9 Å². The summed E-state index contributed by atoms with van der Waals surface area (Å²) in [6.45, 7) is 0.812. The number of pyridine rings is 1. The third-order valence-corrected chi connectivity index (χ3v) is 7.38. The lowest BCUT2D eigenvalue weighted by molar-refractivity contribution is 0.431. The fourth-order valence-corrected chi connectivity index (χ4v) is 5.67. The fraction of sp³-hybridized carbons (Fsp3) is 0.0882. The van der Waals surface area contributed by atoms with Crippen molar-refractivity contribution in [2.45, 2.75) is 5.41 Å². The molecule has 190 valence electrons. The molecule has 5 nitrogen and oxygen atoms in total. The Labute approximate surface area is 228 Å². The van der Waals surface area contributed by atoms with E-state index in [0.717, 1.165) is 57.7 Å². The standard InChI is InChI=1S/C34H27N3O2/c1-36-20-21-37(24-36)26-11-9-13-28(23-26)38-27-12-8-10-25(22-27)34(33-18-6-7-19-35-33)29-14-2-4-16-31(29)39-32-17-5-3-15-30(32)34/h2-23H,24H2,1H3. The lowest BCUT2D eigenvalue weighted by Crippen LogP contribution is -2.35. The lowest BCUT2D eigenvalue weighted by Gasteiger charge is -2.40. The van der Waals surface area contributed by atoms with Gasteiger partial charge in [0, 0.05) is 48.5 Å². The summed E-state index contributed by atoms with van der Waals surface area (Å²) in [5.74, 6) is 3.19. The molecule has 1 aromatic heterocycles. The highest BCUT2D eigenvalue weighted by molar-refractivity contribution is 5.68. The molecule has 0 bridgehead atoms. The maximum atomic E-state index is 6.48. The summed E-state index contributed by atoms with van der Waals surface area (Å²) in [4.78, 5) is 9.24. The van der Waals surface area contributed by atoms with Gasteiger partial charge in [0.05, 0.1) is 17.8 Å². The molecule has 0 N–H and O–H groups in total. The summed E-state index contributed by atoms with van der Waals surface area (Å²) in [5.41, 5.74) is 4.48. The number of hydrogen-bond acceptors (Lipinski definition) is 5. The molecule has 0 spiro atoms. The van der Waals surface area contributed by atoms with Crippen LogP contribution in [0, 0.1) is 0 Å². The molecule has 39 heavy (non-hydrogen) atoms. The molecule has 3 heterocycles. The van der Waals surface area contributed by atoms with Gasteiger partial charge in [-0.25, -0.2) is 0 Å². The van der Waals surface area contributed by atoms with Crippen molar-refractivity contribution in [3.63, 3.8) is 0 Å². The molecule has 0 saturated carbocycles. The van der Waals surface area contributed by atoms with Gasteiger partial charge >= 0.3 is 0 Å². The Balaban J connectivity index is 1.37. The molecule has 5 heteroatoms. The first-order valence-corrected chi connectivity index (χ1v) is 13.0. The maximum absolute atomic E-state index is 6.48. The van der Waals surface area contributed by atoms with Gasteiger partial charge in [0.25, 0.3) is 0 Å². The molecular weight excluding hydrogens is 482 g/mol. The predicted molar refractivity (Wildman–Crippen MR) is 153 cm³/mol. The first kappa shape index (κ1) is 23.1. The molecule has 7 rings (SSSR count). The number of para-hydroxylation sites is 2. The summed E-state index contributed by atoms with van der Waals surface area (Å²) in [6.07, 6.45) is 6.00. The summed E-state index contributed by atoms with van der Waals surface area (Å²) in [6, 6.07) is 39.1. The minimum absolute atomic E-state index is 0.682. The van der Waals surface area contributed by atoms with E-state index in [4.69, 9.17) is 14.5 Å². The van der Waals surface area contributed by atoms with Crippen LogP contribution in [0.15, 0.2) is 134 Å². The van der Waals surface area contributed by atoms with E-state index in [1.807, 2.05) is 60.8 Å². The minimum Gasteiger partial charge on any atom is -0.457 e. The summed E-state index contributed by atoms with van der Waals surface area (Å²) in [7, 11) is 2.06.